The van der Waals surface area contributed by atoms with Gasteiger partial charge in [0.2, 0.25) is 0 Å². The van der Waals surface area contributed by atoms with Crippen LogP contribution < -0.4 is 29.1 Å². The van der Waals surface area contributed by atoms with E-state index in [-0.39, 0.29) is 17.9 Å². The Balaban J connectivity index is 2.04. The number of methoxy groups -OCH3 is 3. The van der Waals surface area contributed by atoms with E-state index in [1.165, 1.54) is 36.2 Å². The van der Waals surface area contributed by atoms with E-state index in [0.717, 1.165) is 6.42 Å². The number of aromatic hydroxyl groups is 1. The number of allylic oxidation sites excluding steroid dienone is 1. The van der Waals surface area contributed by atoms with Gasteiger partial charge in [-0.1, -0.05) is 30.7 Å². The molecule has 0 aliphatic carbocycles. The maximum atomic E-state index is 13.9. The van der Waals surface area contributed by atoms with Gasteiger partial charge in [0, 0.05) is 5.56 Å². The van der Waals surface area contributed by atoms with Crippen LogP contribution in [0.2, 0.25) is 0 Å². The van der Waals surface area contributed by atoms with Gasteiger partial charge in [0.25, 0.3) is 5.56 Å². The maximum absolute atomic E-state index is 13.9. The van der Waals surface area contributed by atoms with Gasteiger partial charge in [-0.15, -0.1) is 0 Å². The van der Waals surface area contributed by atoms with E-state index < -0.39 is 12.0 Å². The van der Waals surface area contributed by atoms with Crippen LogP contribution in [0.25, 0.3) is 6.08 Å². The average molecular weight is 539 g/mol. The van der Waals surface area contributed by atoms with Gasteiger partial charge in [-0.2, -0.15) is 0 Å². The van der Waals surface area contributed by atoms with Crippen LogP contribution in [0.5, 0.6) is 23.0 Å². The minimum absolute atomic E-state index is 0.000448. The van der Waals surface area contributed by atoms with Gasteiger partial charge >= 0.3 is 5.97 Å². The number of esters is 1. The number of carbonyl (C=O) groups is 1. The van der Waals surface area contributed by atoms with Gasteiger partial charge in [0.1, 0.15) is 17.5 Å². The standard InChI is InChI=1S/C28H30N2O7S/c1-6-8-19-24(27(33)37-7-2)25(18-15-17(34-3)10-12-21(18)35-4)30-26(32)23(38-28(30)29-19)14-16-9-11-20(31)22(13-16)36-5/h9-15,25,31H,6-8H2,1-5H3/b23-14-/t25-/m1/s1. The minimum atomic E-state index is -0.839. The first-order valence-corrected chi connectivity index (χ1v) is 13.0. The number of ether oxygens (including phenoxy) is 4. The van der Waals surface area contributed by atoms with Crippen LogP contribution in [0.4, 0.5) is 0 Å². The number of phenolic OH excluding ortho intramolecular Hbond substituents is 1. The Hall–Kier alpha value is -4.05. The second kappa shape index (κ2) is 11.6. The number of aromatic nitrogens is 1. The molecule has 0 fully saturated rings. The third kappa shape index (κ3) is 5.04. The summed E-state index contributed by atoms with van der Waals surface area (Å²) in [6, 6.07) is 9.26. The highest BCUT2D eigenvalue weighted by molar-refractivity contribution is 7.07. The number of hydrogen-bond acceptors (Lipinski definition) is 9. The molecule has 10 heteroatoms. The normalized spacial score (nSPS) is 15.1. The highest BCUT2D eigenvalue weighted by Crippen LogP contribution is 2.38. The molecular formula is C28H30N2O7S. The molecule has 1 aliphatic heterocycles. The molecule has 1 N–H and O–H groups in total. The molecule has 0 spiro atoms. The summed E-state index contributed by atoms with van der Waals surface area (Å²) in [4.78, 5) is 32.5. The predicted octanol–water partition coefficient (Wildman–Crippen LogP) is 3.31. The highest BCUT2D eigenvalue weighted by Gasteiger charge is 2.36. The van der Waals surface area contributed by atoms with Crippen molar-refractivity contribution >= 4 is 23.4 Å². The summed E-state index contributed by atoms with van der Waals surface area (Å²) in [6.45, 7) is 3.91. The number of phenols is 1. The zero-order valence-electron chi connectivity index (χ0n) is 21.9. The van der Waals surface area contributed by atoms with E-state index >= 15 is 0 Å². The van der Waals surface area contributed by atoms with Gasteiger partial charge in [0.15, 0.2) is 16.3 Å². The second-order valence-corrected chi connectivity index (χ2v) is 9.46. The number of fused-ring (bicyclic) bond motifs is 1. The molecule has 1 atom stereocenters. The first-order valence-electron chi connectivity index (χ1n) is 12.2. The molecular weight excluding hydrogens is 508 g/mol. The maximum Gasteiger partial charge on any atom is 0.338 e. The number of nitrogens with zero attached hydrogens (tertiary/aromatic N) is 2. The van der Waals surface area contributed by atoms with Crippen molar-refractivity contribution < 1.29 is 28.8 Å². The lowest BCUT2D eigenvalue weighted by atomic mass is 9.93. The summed E-state index contributed by atoms with van der Waals surface area (Å²) < 4.78 is 23.7. The van der Waals surface area contributed by atoms with Crippen LogP contribution in [0.1, 0.15) is 43.9 Å². The van der Waals surface area contributed by atoms with Crippen molar-refractivity contribution in [3.05, 3.63) is 78.5 Å². The molecule has 200 valence electrons. The van der Waals surface area contributed by atoms with Crippen molar-refractivity contribution in [2.45, 2.75) is 32.7 Å². The van der Waals surface area contributed by atoms with Crippen molar-refractivity contribution in [2.75, 3.05) is 27.9 Å². The monoisotopic (exact) mass is 538 g/mol. The molecule has 0 bridgehead atoms. The van der Waals surface area contributed by atoms with Gasteiger partial charge < -0.3 is 24.1 Å². The number of thiazole rings is 1. The molecule has 0 unspecified atom stereocenters. The van der Waals surface area contributed by atoms with E-state index in [1.807, 2.05) is 6.92 Å². The Bertz CT molecular complexity index is 1570. The molecule has 0 saturated heterocycles. The molecule has 0 saturated carbocycles. The molecule has 0 radical (unpaired) electrons. The fourth-order valence-electron chi connectivity index (χ4n) is 4.40. The third-order valence-corrected chi connectivity index (χ3v) is 7.11. The molecule has 3 aromatic rings. The smallest absolute Gasteiger partial charge is 0.338 e. The van der Waals surface area contributed by atoms with Crippen LogP contribution in [-0.4, -0.2) is 43.6 Å². The zero-order chi connectivity index (χ0) is 27.4. The predicted molar refractivity (Wildman–Crippen MR) is 144 cm³/mol. The van der Waals surface area contributed by atoms with Crippen molar-refractivity contribution in [2.24, 2.45) is 4.99 Å². The van der Waals surface area contributed by atoms with E-state index in [2.05, 4.69) is 0 Å². The summed E-state index contributed by atoms with van der Waals surface area (Å²) in [5.74, 6) is 0.802. The topological polar surface area (TPSA) is 109 Å². The van der Waals surface area contributed by atoms with E-state index in [4.69, 9.17) is 23.9 Å². The second-order valence-electron chi connectivity index (χ2n) is 8.45. The lowest BCUT2D eigenvalue weighted by molar-refractivity contribution is -0.139. The first kappa shape index (κ1) is 27.0. The van der Waals surface area contributed by atoms with Crippen LogP contribution in [-0.2, 0) is 9.53 Å². The lowest BCUT2D eigenvalue weighted by Crippen LogP contribution is -2.40. The van der Waals surface area contributed by atoms with Crippen molar-refractivity contribution in [1.29, 1.82) is 0 Å². The quantitative estimate of drug-likeness (QED) is 0.417. The van der Waals surface area contributed by atoms with Crippen molar-refractivity contribution in [1.82, 2.24) is 4.57 Å². The summed E-state index contributed by atoms with van der Waals surface area (Å²) in [5.41, 5.74) is 1.79. The molecule has 0 amide bonds. The molecule has 2 aromatic carbocycles. The summed E-state index contributed by atoms with van der Waals surface area (Å²) in [5, 5.41) is 9.96. The lowest BCUT2D eigenvalue weighted by Gasteiger charge is -2.27. The number of benzene rings is 2. The Morgan fingerprint density at radius 1 is 1.08 bits per heavy atom. The molecule has 1 aliphatic rings. The summed E-state index contributed by atoms with van der Waals surface area (Å²) in [7, 11) is 4.54. The number of hydrogen-bond donors (Lipinski definition) is 1. The average Bonchev–Trinajstić information content (AvgIpc) is 3.23. The minimum Gasteiger partial charge on any atom is -0.504 e. The molecule has 4 rings (SSSR count). The van der Waals surface area contributed by atoms with E-state index in [1.54, 1.807) is 50.4 Å². The zero-order valence-corrected chi connectivity index (χ0v) is 22.8. The fourth-order valence-corrected chi connectivity index (χ4v) is 5.42. The Labute approximate surface area is 223 Å². The number of carbonyl (C=O) groups excluding carboxylic acids is 1. The van der Waals surface area contributed by atoms with Crippen molar-refractivity contribution in [3.63, 3.8) is 0 Å². The van der Waals surface area contributed by atoms with Crippen LogP contribution in [0.3, 0.4) is 0 Å². The molecule has 9 nitrogen and oxygen atoms in total. The van der Waals surface area contributed by atoms with Crippen LogP contribution in [0, 0.1) is 0 Å². The van der Waals surface area contributed by atoms with Crippen molar-refractivity contribution in [3.8, 4) is 23.0 Å². The fraction of sp³-hybridized carbons (Fsp3) is 0.321. The third-order valence-electron chi connectivity index (χ3n) is 6.13. The highest BCUT2D eigenvalue weighted by atomic mass is 32.1. The van der Waals surface area contributed by atoms with Gasteiger partial charge in [-0.25, -0.2) is 9.79 Å². The number of rotatable bonds is 9. The van der Waals surface area contributed by atoms with E-state index in [0.29, 0.717) is 55.4 Å². The Morgan fingerprint density at radius 2 is 1.84 bits per heavy atom. The van der Waals surface area contributed by atoms with Crippen LogP contribution in [0.15, 0.2) is 57.5 Å². The van der Waals surface area contributed by atoms with Gasteiger partial charge in [-0.3, -0.25) is 9.36 Å². The largest absolute Gasteiger partial charge is 0.504 e. The molecule has 2 heterocycles. The van der Waals surface area contributed by atoms with Crippen LogP contribution >= 0.6 is 11.3 Å². The summed E-state index contributed by atoms with van der Waals surface area (Å²) >= 11 is 1.22. The van der Waals surface area contributed by atoms with Gasteiger partial charge in [0.05, 0.1) is 43.7 Å². The first-order chi connectivity index (χ1) is 18.4. The SMILES string of the molecule is CCCC1=C(C(=O)OCC)[C@@H](c2cc(OC)ccc2OC)n2c(s/c(=C\c3ccc(O)c(OC)c3)c2=O)=N1. The molecule has 1 aromatic heterocycles. The van der Waals surface area contributed by atoms with E-state index in [9.17, 15) is 14.7 Å². The summed E-state index contributed by atoms with van der Waals surface area (Å²) in [6.07, 6.45) is 2.97. The van der Waals surface area contributed by atoms with Gasteiger partial charge in [-0.05, 0) is 55.3 Å². The Morgan fingerprint density at radius 3 is 2.50 bits per heavy atom. The Kier molecular flexibility index (Phi) is 8.21. The molecule has 38 heavy (non-hydrogen) atoms.